The Labute approximate surface area is 172 Å². The van der Waals surface area contributed by atoms with Gasteiger partial charge in [-0.3, -0.25) is 10.2 Å². The van der Waals surface area contributed by atoms with Gasteiger partial charge in [-0.2, -0.15) is 0 Å². The SMILES string of the molecule is N=C(N)c1ccc2[nH]c(-c3cc(CC(=O)O)cc(-c4cccc(N)c4)c3O)cc2c1. The summed E-state index contributed by atoms with van der Waals surface area (Å²) in [5, 5.41) is 28.8. The van der Waals surface area contributed by atoms with E-state index in [1.807, 2.05) is 18.2 Å². The van der Waals surface area contributed by atoms with Crippen molar-refractivity contribution in [2.75, 3.05) is 5.73 Å². The summed E-state index contributed by atoms with van der Waals surface area (Å²) in [6, 6.07) is 17.6. The van der Waals surface area contributed by atoms with Gasteiger partial charge in [0, 0.05) is 33.3 Å². The Balaban J connectivity index is 1.92. The van der Waals surface area contributed by atoms with E-state index in [4.69, 9.17) is 16.9 Å². The largest absolute Gasteiger partial charge is 0.507 e. The number of aromatic amines is 1. The predicted octanol–water partition coefficient (Wildman–Crippen LogP) is 3.70. The van der Waals surface area contributed by atoms with Crippen molar-refractivity contribution in [2.24, 2.45) is 5.73 Å². The van der Waals surface area contributed by atoms with E-state index >= 15 is 0 Å². The second-order valence-electron chi connectivity index (χ2n) is 7.13. The normalized spacial score (nSPS) is 10.9. The maximum absolute atomic E-state index is 11.3. The van der Waals surface area contributed by atoms with Crippen molar-refractivity contribution in [1.82, 2.24) is 4.98 Å². The van der Waals surface area contributed by atoms with Crippen LogP contribution in [0.2, 0.25) is 0 Å². The van der Waals surface area contributed by atoms with Crippen molar-refractivity contribution in [3.63, 3.8) is 0 Å². The fraction of sp³-hybridized carbons (Fsp3) is 0.0435. The molecule has 0 radical (unpaired) electrons. The van der Waals surface area contributed by atoms with E-state index in [0.717, 1.165) is 10.9 Å². The van der Waals surface area contributed by atoms with Gasteiger partial charge in [-0.25, -0.2) is 0 Å². The van der Waals surface area contributed by atoms with Gasteiger partial charge < -0.3 is 26.7 Å². The average molecular weight is 400 g/mol. The fourth-order valence-corrected chi connectivity index (χ4v) is 3.55. The number of aromatic hydroxyl groups is 1. The van der Waals surface area contributed by atoms with Gasteiger partial charge in [0.2, 0.25) is 0 Å². The van der Waals surface area contributed by atoms with E-state index in [1.54, 1.807) is 42.5 Å². The summed E-state index contributed by atoms with van der Waals surface area (Å²) in [4.78, 5) is 14.6. The van der Waals surface area contributed by atoms with Crippen molar-refractivity contribution < 1.29 is 15.0 Å². The van der Waals surface area contributed by atoms with Gasteiger partial charge in [0.1, 0.15) is 11.6 Å². The molecule has 4 aromatic rings. The average Bonchev–Trinajstić information content (AvgIpc) is 3.11. The molecule has 8 N–H and O–H groups in total. The first-order valence-corrected chi connectivity index (χ1v) is 9.23. The molecule has 0 unspecified atom stereocenters. The molecule has 0 aliphatic rings. The van der Waals surface area contributed by atoms with Crippen molar-refractivity contribution in [2.45, 2.75) is 6.42 Å². The lowest BCUT2D eigenvalue weighted by Crippen LogP contribution is -2.10. The first kappa shape index (κ1) is 19.1. The van der Waals surface area contributed by atoms with Crippen LogP contribution in [0.1, 0.15) is 11.1 Å². The van der Waals surface area contributed by atoms with E-state index in [-0.39, 0.29) is 18.0 Å². The topological polar surface area (TPSA) is 149 Å². The number of carboxylic acid groups (broad SMARTS) is 1. The van der Waals surface area contributed by atoms with E-state index < -0.39 is 5.97 Å². The Morgan fingerprint density at radius 3 is 2.50 bits per heavy atom. The van der Waals surface area contributed by atoms with Crippen LogP contribution in [0, 0.1) is 5.41 Å². The molecule has 0 spiro atoms. The van der Waals surface area contributed by atoms with Gasteiger partial charge in [-0.05, 0) is 59.7 Å². The molecule has 7 heteroatoms. The zero-order chi connectivity index (χ0) is 21.4. The maximum Gasteiger partial charge on any atom is 0.307 e. The summed E-state index contributed by atoms with van der Waals surface area (Å²) in [7, 11) is 0. The third-order valence-electron chi connectivity index (χ3n) is 4.94. The molecule has 0 bridgehead atoms. The quantitative estimate of drug-likeness (QED) is 0.172. The highest BCUT2D eigenvalue weighted by Gasteiger charge is 2.17. The Morgan fingerprint density at radius 1 is 1.03 bits per heavy atom. The number of anilines is 1. The minimum absolute atomic E-state index is 0.0214. The summed E-state index contributed by atoms with van der Waals surface area (Å²) in [5.41, 5.74) is 16.3. The Kier molecular flexibility index (Phi) is 4.63. The minimum Gasteiger partial charge on any atom is -0.507 e. The van der Waals surface area contributed by atoms with Crippen LogP contribution in [0.5, 0.6) is 5.75 Å². The fourth-order valence-electron chi connectivity index (χ4n) is 3.55. The summed E-state index contributed by atoms with van der Waals surface area (Å²) >= 11 is 0. The molecular weight excluding hydrogens is 380 g/mol. The third kappa shape index (κ3) is 3.56. The lowest BCUT2D eigenvalue weighted by atomic mass is 9.95. The Hall–Kier alpha value is -4.26. The number of H-pyrrole nitrogens is 1. The van der Waals surface area contributed by atoms with Crippen LogP contribution in [0.3, 0.4) is 0 Å². The molecule has 1 heterocycles. The van der Waals surface area contributed by atoms with Crippen LogP contribution in [0.15, 0.2) is 60.7 Å². The number of nitrogens with one attached hydrogen (secondary N) is 2. The highest BCUT2D eigenvalue weighted by molar-refractivity contribution is 6.00. The lowest BCUT2D eigenvalue weighted by molar-refractivity contribution is -0.136. The third-order valence-corrected chi connectivity index (χ3v) is 4.94. The van der Waals surface area contributed by atoms with Crippen LogP contribution in [0.4, 0.5) is 5.69 Å². The molecule has 0 aliphatic carbocycles. The molecule has 0 amide bonds. The number of hydrogen-bond acceptors (Lipinski definition) is 4. The molecule has 1 aromatic heterocycles. The number of rotatable bonds is 5. The van der Waals surface area contributed by atoms with E-state index in [0.29, 0.717) is 39.2 Å². The van der Waals surface area contributed by atoms with Crippen molar-refractivity contribution in [3.8, 4) is 28.1 Å². The lowest BCUT2D eigenvalue weighted by Gasteiger charge is -2.13. The minimum atomic E-state index is -0.965. The standard InChI is InChI=1S/C23H20N4O3/c24-16-3-1-2-13(10-16)17-6-12(8-21(28)29)7-18(22(17)30)20-11-15-9-14(23(25)26)4-5-19(15)27-20/h1-7,9-11,27,30H,8,24H2,(H3,25,26)(H,28,29). The highest BCUT2D eigenvalue weighted by atomic mass is 16.4. The van der Waals surface area contributed by atoms with Crippen LogP contribution in [0.25, 0.3) is 33.3 Å². The van der Waals surface area contributed by atoms with E-state index in [1.165, 1.54) is 0 Å². The van der Waals surface area contributed by atoms with E-state index in [9.17, 15) is 15.0 Å². The maximum atomic E-state index is 11.3. The summed E-state index contributed by atoms with van der Waals surface area (Å²) in [6.45, 7) is 0. The molecule has 0 saturated carbocycles. The van der Waals surface area contributed by atoms with Gasteiger partial charge in [0.25, 0.3) is 0 Å². The van der Waals surface area contributed by atoms with Gasteiger partial charge in [0.05, 0.1) is 12.1 Å². The number of amidine groups is 1. The monoisotopic (exact) mass is 400 g/mol. The number of hydrogen-bond donors (Lipinski definition) is 6. The van der Waals surface area contributed by atoms with Gasteiger partial charge in [-0.1, -0.05) is 12.1 Å². The number of carboxylic acids is 1. The molecule has 7 nitrogen and oxygen atoms in total. The zero-order valence-electron chi connectivity index (χ0n) is 15.9. The summed E-state index contributed by atoms with van der Waals surface area (Å²) < 4.78 is 0. The predicted molar refractivity (Wildman–Crippen MR) is 118 cm³/mol. The molecule has 3 aromatic carbocycles. The zero-order valence-corrected chi connectivity index (χ0v) is 15.9. The number of benzene rings is 3. The molecule has 30 heavy (non-hydrogen) atoms. The molecular formula is C23H20N4O3. The number of aromatic nitrogens is 1. The van der Waals surface area contributed by atoms with E-state index in [2.05, 4.69) is 4.98 Å². The van der Waals surface area contributed by atoms with Crippen LogP contribution >= 0.6 is 0 Å². The highest BCUT2D eigenvalue weighted by Crippen LogP contribution is 2.40. The van der Waals surface area contributed by atoms with Gasteiger partial charge in [-0.15, -0.1) is 0 Å². The number of nitrogens with two attached hydrogens (primary N) is 2. The second kappa shape index (κ2) is 7.29. The van der Waals surface area contributed by atoms with Crippen molar-refractivity contribution in [3.05, 3.63) is 71.8 Å². The molecule has 0 aliphatic heterocycles. The number of phenolic OH excluding ortho intramolecular Hbond substituents is 1. The smallest absolute Gasteiger partial charge is 0.307 e. The Bertz CT molecular complexity index is 1310. The molecule has 0 fully saturated rings. The number of phenols is 1. The molecule has 4 rings (SSSR count). The van der Waals surface area contributed by atoms with Crippen molar-refractivity contribution >= 4 is 28.4 Å². The number of carbonyl (C=O) groups is 1. The first-order chi connectivity index (χ1) is 14.3. The van der Waals surface area contributed by atoms with Gasteiger partial charge >= 0.3 is 5.97 Å². The second-order valence-corrected chi connectivity index (χ2v) is 7.13. The number of nitrogen functional groups attached to an aromatic ring is 2. The number of aliphatic carboxylic acids is 1. The van der Waals surface area contributed by atoms with Crippen LogP contribution in [-0.2, 0) is 11.2 Å². The molecule has 0 atom stereocenters. The van der Waals surface area contributed by atoms with Gasteiger partial charge in [0.15, 0.2) is 0 Å². The Morgan fingerprint density at radius 2 is 1.80 bits per heavy atom. The summed E-state index contributed by atoms with van der Waals surface area (Å²) in [5.74, 6) is -0.976. The molecule has 0 saturated heterocycles. The molecule has 150 valence electrons. The first-order valence-electron chi connectivity index (χ1n) is 9.23. The van der Waals surface area contributed by atoms with Crippen LogP contribution < -0.4 is 11.5 Å². The number of fused-ring (bicyclic) bond motifs is 1. The van der Waals surface area contributed by atoms with Crippen molar-refractivity contribution in [1.29, 1.82) is 5.41 Å². The summed E-state index contributed by atoms with van der Waals surface area (Å²) in [6.07, 6.45) is -0.183. The van der Waals surface area contributed by atoms with Crippen LogP contribution in [-0.4, -0.2) is 27.0 Å².